The van der Waals surface area contributed by atoms with Crippen LogP contribution in [0.3, 0.4) is 0 Å². The molecule has 0 spiro atoms. The van der Waals surface area contributed by atoms with Crippen molar-refractivity contribution in [1.29, 1.82) is 0 Å². The summed E-state index contributed by atoms with van der Waals surface area (Å²) in [5.41, 5.74) is 0. The Hall–Kier alpha value is -0.740. The third-order valence-corrected chi connectivity index (χ3v) is 6.37. The van der Waals surface area contributed by atoms with Crippen LogP contribution in [0.1, 0.15) is 25.6 Å². The molecule has 1 aliphatic heterocycles. The van der Waals surface area contributed by atoms with Crippen molar-refractivity contribution < 1.29 is 8.42 Å². The summed E-state index contributed by atoms with van der Waals surface area (Å²) in [4.78, 5) is 6.62. The summed E-state index contributed by atoms with van der Waals surface area (Å²) in [6, 6.07) is -0.0205. The van der Waals surface area contributed by atoms with Gasteiger partial charge in [0.2, 0.25) is 0 Å². The molecular formula is C14H27ClN6O2S. The molecule has 10 heteroatoms. The average Bonchev–Trinajstić information content (AvgIpc) is 3.11. The maximum absolute atomic E-state index is 12.2. The van der Waals surface area contributed by atoms with Gasteiger partial charge in [-0.05, 0) is 31.6 Å². The Balaban J connectivity index is 0.00000208. The number of hydrogen-bond donors (Lipinski definition) is 1. The minimum Gasteiger partial charge on any atom is -0.294 e. The van der Waals surface area contributed by atoms with Gasteiger partial charge in [0.15, 0.2) is 0 Å². The lowest BCUT2D eigenvalue weighted by Gasteiger charge is -2.21. The van der Waals surface area contributed by atoms with Crippen LogP contribution in [0.2, 0.25) is 0 Å². The molecule has 2 heterocycles. The van der Waals surface area contributed by atoms with Gasteiger partial charge in [-0.15, -0.1) is 12.4 Å². The first kappa shape index (κ1) is 19.6. The van der Waals surface area contributed by atoms with Gasteiger partial charge in [-0.1, -0.05) is 0 Å². The Labute approximate surface area is 150 Å². The van der Waals surface area contributed by atoms with E-state index >= 15 is 0 Å². The number of likely N-dealkylation sites (tertiary alicyclic amines) is 1. The molecular weight excluding hydrogens is 352 g/mol. The molecule has 2 fully saturated rings. The molecule has 0 radical (unpaired) electrons. The average molecular weight is 379 g/mol. The minimum absolute atomic E-state index is 0. The van der Waals surface area contributed by atoms with Crippen molar-refractivity contribution in [3.63, 3.8) is 0 Å². The molecule has 1 N–H and O–H groups in total. The zero-order valence-corrected chi connectivity index (χ0v) is 16.1. The molecule has 0 bridgehead atoms. The van der Waals surface area contributed by atoms with Crippen molar-refractivity contribution in [2.24, 2.45) is 11.8 Å². The van der Waals surface area contributed by atoms with E-state index in [0.29, 0.717) is 11.8 Å². The third kappa shape index (κ3) is 4.26. The lowest BCUT2D eigenvalue weighted by Crippen LogP contribution is -2.46. The van der Waals surface area contributed by atoms with E-state index in [2.05, 4.69) is 19.7 Å². The van der Waals surface area contributed by atoms with Gasteiger partial charge < -0.3 is 0 Å². The molecule has 0 aromatic carbocycles. The monoisotopic (exact) mass is 378 g/mol. The maximum Gasteiger partial charge on any atom is 0.279 e. The van der Waals surface area contributed by atoms with Crippen LogP contribution in [-0.4, -0.2) is 65.6 Å². The van der Waals surface area contributed by atoms with E-state index < -0.39 is 10.2 Å². The van der Waals surface area contributed by atoms with Gasteiger partial charge in [0.05, 0.1) is 6.54 Å². The first-order valence-corrected chi connectivity index (χ1v) is 9.63. The van der Waals surface area contributed by atoms with Crippen LogP contribution >= 0.6 is 12.4 Å². The summed E-state index contributed by atoms with van der Waals surface area (Å²) in [6.07, 6.45) is 4.01. The Morgan fingerprint density at radius 2 is 2.04 bits per heavy atom. The number of nitrogens with zero attached hydrogens (tertiary/aromatic N) is 5. The number of rotatable bonds is 7. The van der Waals surface area contributed by atoms with Crippen molar-refractivity contribution in [2.75, 3.05) is 27.2 Å². The van der Waals surface area contributed by atoms with E-state index in [1.54, 1.807) is 20.4 Å². The fourth-order valence-corrected chi connectivity index (χ4v) is 4.18. The molecule has 3 rings (SSSR count). The van der Waals surface area contributed by atoms with E-state index in [0.717, 1.165) is 32.0 Å². The van der Waals surface area contributed by atoms with Crippen molar-refractivity contribution in [1.82, 2.24) is 28.7 Å². The second-order valence-corrected chi connectivity index (χ2v) is 8.62. The molecule has 8 nitrogen and oxygen atoms in total. The summed E-state index contributed by atoms with van der Waals surface area (Å²) in [6.45, 7) is 5.21. The molecule has 24 heavy (non-hydrogen) atoms. The predicted octanol–water partition coefficient (Wildman–Crippen LogP) is 0.326. The number of aryl methyl sites for hydroxylation is 1. The Bertz CT molecular complexity index is 645. The van der Waals surface area contributed by atoms with E-state index in [9.17, 15) is 8.42 Å². The number of hydrogen-bond acceptors (Lipinski definition) is 5. The fraction of sp³-hybridized carbons (Fsp3) is 0.857. The van der Waals surface area contributed by atoms with Gasteiger partial charge >= 0.3 is 0 Å². The number of aromatic nitrogens is 3. The molecule has 0 unspecified atom stereocenters. The topological polar surface area (TPSA) is 83.4 Å². The third-order valence-electron chi connectivity index (χ3n) is 4.81. The minimum atomic E-state index is -3.40. The molecule has 1 aliphatic carbocycles. The highest BCUT2D eigenvalue weighted by Crippen LogP contribution is 2.41. The summed E-state index contributed by atoms with van der Waals surface area (Å²) >= 11 is 0. The number of halogens is 1. The predicted molar refractivity (Wildman–Crippen MR) is 94.0 cm³/mol. The van der Waals surface area contributed by atoms with Crippen molar-refractivity contribution in [3.8, 4) is 0 Å². The van der Waals surface area contributed by atoms with E-state index in [1.807, 2.05) is 11.6 Å². The summed E-state index contributed by atoms with van der Waals surface area (Å²) in [5, 5.41) is 4.21. The van der Waals surface area contributed by atoms with Crippen molar-refractivity contribution >= 4 is 22.6 Å². The van der Waals surface area contributed by atoms with Crippen LogP contribution < -0.4 is 4.72 Å². The van der Waals surface area contributed by atoms with Crippen molar-refractivity contribution in [3.05, 3.63) is 12.2 Å². The zero-order chi connectivity index (χ0) is 16.6. The maximum atomic E-state index is 12.2. The Morgan fingerprint density at radius 1 is 1.33 bits per heavy atom. The summed E-state index contributed by atoms with van der Waals surface area (Å²) in [7, 11) is -0.274. The highest BCUT2D eigenvalue weighted by atomic mass is 35.5. The molecule has 1 saturated heterocycles. The van der Waals surface area contributed by atoms with Crippen LogP contribution in [-0.2, 0) is 23.3 Å². The van der Waals surface area contributed by atoms with E-state index in [1.165, 1.54) is 17.1 Å². The lowest BCUT2D eigenvalue weighted by molar-refractivity contribution is 0.295. The van der Waals surface area contributed by atoms with Gasteiger partial charge in [-0.3, -0.25) is 4.90 Å². The molecule has 2 aliphatic rings. The first-order valence-electron chi connectivity index (χ1n) is 8.19. The smallest absolute Gasteiger partial charge is 0.279 e. The second-order valence-electron chi connectivity index (χ2n) is 6.70. The van der Waals surface area contributed by atoms with Gasteiger partial charge in [0, 0.05) is 39.8 Å². The highest BCUT2D eigenvalue weighted by Gasteiger charge is 2.44. The largest absolute Gasteiger partial charge is 0.294 e. The van der Waals surface area contributed by atoms with Gasteiger partial charge in [-0.25, -0.2) is 9.67 Å². The molecule has 1 saturated carbocycles. The SMILES string of the molecule is CCn1ncnc1CN1C[C@H](NS(=O)(=O)N(C)C)[C@@H](C2CC2)C1.Cl. The lowest BCUT2D eigenvalue weighted by atomic mass is 9.99. The molecule has 1 aromatic heterocycles. The fourth-order valence-electron chi connectivity index (χ4n) is 3.34. The van der Waals surface area contributed by atoms with Crippen molar-refractivity contribution in [2.45, 2.75) is 38.9 Å². The van der Waals surface area contributed by atoms with Gasteiger partial charge in [0.25, 0.3) is 10.2 Å². The number of nitrogens with one attached hydrogen (secondary N) is 1. The Morgan fingerprint density at radius 3 is 2.62 bits per heavy atom. The molecule has 2 atom stereocenters. The van der Waals surface area contributed by atoms with Crippen LogP contribution in [0.25, 0.3) is 0 Å². The van der Waals surface area contributed by atoms with Gasteiger partial charge in [-0.2, -0.15) is 22.5 Å². The molecule has 138 valence electrons. The van der Waals surface area contributed by atoms with Crippen LogP contribution in [0, 0.1) is 11.8 Å². The van der Waals surface area contributed by atoms with Crippen LogP contribution in [0.4, 0.5) is 0 Å². The normalized spacial score (nSPS) is 25.2. The standard InChI is InChI=1S/C14H26N6O2S.ClH/c1-4-20-14(15-10-16-20)9-19-7-12(11-5-6-11)13(8-19)17-23(21,22)18(2)3;/h10-13,17H,4-9H2,1-3H3;1H/t12-,13+;/m1./s1. The van der Waals surface area contributed by atoms with Gasteiger partial charge in [0.1, 0.15) is 12.2 Å². The van der Waals surface area contributed by atoms with Crippen LogP contribution in [0.5, 0.6) is 0 Å². The van der Waals surface area contributed by atoms with E-state index in [-0.39, 0.29) is 18.4 Å². The Kier molecular flexibility index (Phi) is 6.24. The van der Waals surface area contributed by atoms with E-state index in [4.69, 9.17) is 0 Å². The summed E-state index contributed by atoms with van der Waals surface area (Å²) < 4.78 is 30.4. The zero-order valence-electron chi connectivity index (χ0n) is 14.4. The summed E-state index contributed by atoms with van der Waals surface area (Å²) in [5.74, 6) is 1.99. The quantitative estimate of drug-likeness (QED) is 0.739. The van der Waals surface area contributed by atoms with Crippen LogP contribution in [0.15, 0.2) is 6.33 Å². The first-order chi connectivity index (χ1) is 10.9. The molecule has 0 amide bonds. The highest BCUT2D eigenvalue weighted by molar-refractivity contribution is 7.87. The molecule has 1 aromatic rings. The second kappa shape index (κ2) is 7.65.